The summed E-state index contributed by atoms with van der Waals surface area (Å²) in [7, 11) is 0. The summed E-state index contributed by atoms with van der Waals surface area (Å²) in [5.74, 6) is -0.725. The Balaban J connectivity index is 1.48. The minimum absolute atomic E-state index is 0.138. The average molecular weight is 544 g/mol. The Morgan fingerprint density at radius 1 is 0.800 bits per heavy atom. The first-order valence-corrected chi connectivity index (χ1v) is 14.4. The molecule has 0 saturated heterocycles. The number of esters is 1. The molecule has 0 unspecified atom stereocenters. The maximum atomic E-state index is 12.7. The van der Waals surface area contributed by atoms with Crippen LogP contribution in [-0.4, -0.2) is 30.5 Å². The molecule has 0 bridgehead atoms. The number of fused-ring (bicyclic) bond motifs is 1. The highest BCUT2D eigenvalue weighted by molar-refractivity contribution is 6.04. The molecule has 3 aromatic carbocycles. The first-order chi connectivity index (χ1) is 19.5. The quantitative estimate of drug-likeness (QED) is 0.0678. The molecule has 0 spiro atoms. The van der Waals surface area contributed by atoms with Crippen LogP contribution in [0.1, 0.15) is 92.6 Å². The summed E-state index contributed by atoms with van der Waals surface area (Å²) >= 11 is 0. The molecule has 3 aromatic rings. The van der Waals surface area contributed by atoms with Gasteiger partial charge in [-0.3, -0.25) is 9.59 Å². The normalized spacial score (nSPS) is 11.1. The molecule has 0 aliphatic heterocycles. The molecule has 0 aliphatic rings. The van der Waals surface area contributed by atoms with Crippen LogP contribution in [0.25, 0.3) is 10.8 Å². The predicted molar refractivity (Wildman–Crippen MR) is 161 cm³/mol. The number of hydrogen-bond acceptors (Lipinski definition) is 5. The Morgan fingerprint density at radius 2 is 1.48 bits per heavy atom. The van der Waals surface area contributed by atoms with Crippen molar-refractivity contribution in [1.29, 1.82) is 0 Å². The van der Waals surface area contributed by atoms with Gasteiger partial charge in [-0.2, -0.15) is 5.10 Å². The van der Waals surface area contributed by atoms with Gasteiger partial charge in [-0.25, -0.2) is 10.2 Å². The number of aryl methyl sites for hydroxylation is 1. The zero-order valence-electron chi connectivity index (χ0n) is 23.7. The number of amides is 2. The van der Waals surface area contributed by atoms with Gasteiger partial charge in [0.05, 0.1) is 18.3 Å². The fourth-order valence-electron chi connectivity index (χ4n) is 4.42. The van der Waals surface area contributed by atoms with Crippen LogP contribution in [0, 0.1) is 6.92 Å². The molecular formula is C33H41N3O4. The van der Waals surface area contributed by atoms with Gasteiger partial charge < -0.3 is 10.1 Å². The third kappa shape index (κ3) is 10.3. The van der Waals surface area contributed by atoms with E-state index in [0.717, 1.165) is 35.6 Å². The van der Waals surface area contributed by atoms with Gasteiger partial charge in [-0.05, 0) is 42.3 Å². The van der Waals surface area contributed by atoms with Gasteiger partial charge in [0.15, 0.2) is 0 Å². The molecule has 3 rings (SSSR count). The molecule has 2 amide bonds. The number of nitrogens with one attached hydrogen (secondary N) is 2. The van der Waals surface area contributed by atoms with Crippen molar-refractivity contribution in [3.8, 4) is 5.75 Å². The van der Waals surface area contributed by atoms with E-state index in [4.69, 9.17) is 4.74 Å². The Labute approximate surface area is 237 Å². The fraction of sp³-hybridized carbons (Fsp3) is 0.394. The summed E-state index contributed by atoms with van der Waals surface area (Å²) in [5.41, 5.74) is 4.50. The minimum atomic E-state index is -0.483. The van der Waals surface area contributed by atoms with Gasteiger partial charge in [-0.1, -0.05) is 106 Å². The minimum Gasteiger partial charge on any atom is -0.422 e. The standard InChI is InChI=1S/C33H41N3O4/c1-3-4-5-6-7-8-9-10-11-16-31(37)34-24-32(38)36-35-23-29-28-15-13-12-14-26(28)21-22-30(29)40-33(39)27-19-17-25(2)18-20-27/h12-15,17-23H,3-11,16,24H2,1-2H3,(H,34,37)(H,36,38)/b35-23+. The SMILES string of the molecule is CCCCCCCCCCCC(=O)NCC(=O)N/N=C/c1c(OC(=O)c2ccc(C)cc2)ccc2ccccc12. The summed E-state index contributed by atoms with van der Waals surface area (Å²) in [6.45, 7) is 4.01. The number of rotatable bonds is 16. The molecule has 0 heterocycles. The van der Waals surface area contributed by atoms with Gasteiger partial charge in [0.25, 0.3) is 5.91 Å². The van der Waals surface area contributed by atoms with E-state index in [0.29, 0.717) is 23.3 Å². The van der Waals surface area contributed by atoms with Crippen LogP contribution in [0.4, 0.5) is 0 Å². The van der Waals surface area contributed by atoms with Crippen LogP contribution in [0.15, 0.2) is 65.8 Å². The van der Waals surface area contributed by atoms with Crippen LogP contribution in [0.5, 0.6) is 5.75 Å². The van der Waals surface area contributed by atoms with E-state index in [1.807, 2.05) is 49.4 Å². The number of benzene rings is 3. The van der Waals surface area contributed by atoms with Crippen molar-refractivity contribution in [2.45, 2.75) is 78.1 Å². The van der Waals surface area contributed by atoms with Gasteiger partial charge in [0.1, 0.15) is 5.75 Å². The summed E-state index contributed by atoms with van der Waals surface area (Å²) in [4.78, 5) is 37.1. The van der Waals surface area contributed by atoms with E-state index in [9.17, 15) is 14.4 Å². The molecule has 7 heteroatoms. The van der Waals surface area contributed by atoms with Gasteiger partial charge in [0, 0.05) is 12.0 Å². The zero-order valence-corrected chi connectivity index (χ0v) is 23.7. The summed E-state index contributed by atoms with van der Waals surface area (Å²) in [6.07, 6.45) is 12.5. The number of unbranched alkanes of at least 4 members (excludes halogenated alkanes) is 8. The highest BCUT2D eigenvalue weighted by atomic mass is 16.5. The Kier molecular flexibility index (Phi) is 12.9. The Bertz CT molecular complexity index is 1280. The summed E-state index contributed by atoms with van der Waals surface area (Å²) in [6, 6.07) is 18.4. The van der Waals surface area contributed by atoms with E-state index >= 15 is 0 Å². The second kappa shape index (κ2) is 16.9. The highest BCUT2D eigenvalue weighted by Crippen LogP contribution is 2.27. The lowest BCUT2D eigenvalue weighted by Gasteiger charge is -2.11. The van der Waals surface area contributed by atoms with Crippen LogP contribution in [-0.2, 0) is 9.59 Å². The fourth-order valence-corrected chi connectivity index (χ4v) is 4.42. The van der Waals surface area contributed by atoms with Crippen molar-refractivity contribution in [3.63, 3.8) is 0 Å². The molecular weight excluding hydrogens is 502 g/mol. The smallest absolute Gasteiger partial charge is 0.343 e. The monoisotopic (exact) mass is 543 g/mol. The van der Waals surface area contributed by atoms with Crippen LogP contribution in [0.2, 0.25) is 0 Å². The van der Waals surface area contributed by atoms with Gasteiger partial charge in [0.2, 0.25) is 5.91 Å². The first kappa shape index (κ1) is 30.5. The van der Waals surface area contributed by atoms with Crippen molar-refractivity contribution in [2.75, 3.05) is 6.54 Å². The molecule has 0 saturated carbocycles. The largest absolute Gasteiger partial charge is 0.422 e. The van der Waals surface area contributed by atoms with Crippen LogP contribution in [0.3, 0.4) is 0 Å². The second-order valence-electron chi connectivity index (χ2n) is 10.1. The van der Waals surface area contributed by atoms with E-state index in [1.54, 1.807) is 18.2 Å². The van der Waals surface area contributed by atoms with Crippen LogP contribution < -0.4 is 15.5 Å². The molecule has 0 radical (unpaired) electrons. The number of carbonyl (C=O) groups is 3. The number of hydrogen-bond donors (Lipinski definition) is 2. The molecule has 40 heavy (non-hydrogen) atoms. The van der Waals surface area contributed by atoms with E-state index < -0.39 is 11.9 Å². The lowest BCUT2D eigenvalue weighted by Crippen LogP contribution is -2.34. The maximum absolute atomic E-state index is 12.7. The van der Waals surface area contributed by atoms with Crippen molar-refractivity contribution in [1.82, 2.24) is 10.7 Å². The van der Waals surface area contributed by atoms with E-state index in [2.05, 4.69) is 22.8 Å². The number of hydrazone groups is 1. The van der Waals surface area contributed by atoms with Crippen LogP contribution >= 0.6 is 0 Å². The average Bonchev–Trinajstić information content (AvgIpc) is 2.96. The number of carbonyl (C=O) groups excluding carboxylic acids is 3. The molecule has 0 aromatic heterocycles. The number of ether oxygens (including phenoxy) is 1. The highest BCUT2D eigenvalue weighted by Gasteiger charge is 2.14. The third-order valence-electron chi connectivity index (χ3n) is 6.76. The van der Waals surface area contributed by atoms with Crippen molar-refractivity contribution >= 4 is 34.8 Å². The van der Waals surface area contributed by atoms with Crippen molar-refractivity contribution < 1.29 is 19.1 Å². The second-order valence-corrected chi connectivity index (χ2v) is 10.1. The predicted octanol–water partition coefficient (Wildman–Crippen LogP) is 6.85. The molecule has 212 valence electrons. The van der Waals surface area contributed by atoms with E-state index in [-0.39, 0.29) is 12.5 Å². The maximum Gasteiger partial charge on any atom is 0.343 e. The molecule has 2 N–H and O–H groups in total. The van der Waals surface area contributed by atoms with Crippen molar-refractivity contribution in [3.05, 3.63) is 77.4 Å². The first-order valence-electron chi connectivity index (χ1n) is 14.4. The summed E-state index contributed by atoms with van der Waals surface area (Å²) in [5, 5.41) is 8.49. The Hall–Kier alpha value is -4.00. The molecule has 0 aliphatic carbocycles. The zero-order chi connectivity index (χ0) is 28.6. The molecule has 0 fully saturated rings. The van der Waals surface area contributed by atoms with Crippen molar-refractivity contribution in [2.24, 2.45) is 5.10 Å². The summed E-state index contributed by atoms with van der Waals surface area (Å²) < 4.78 is 5.70. The lowest BCUT2D eigenvalue weighted by atomic mass is 10.0. The molecule has 7 nitrogen and oxygen atoms in total. The number of nitrogens with zero attached hydrogens (tertiary/aromatic N) is 1. The topological polar surface area (TPSA) is 96.9 Å². The Morgan fingerprint density at radius 3 is 2.20 bits per heavy atom. The van der Waals surface area contributed by atoms with Gasteiger partial charge >= 0.3 is 5.97 Å². The van der Waals surface area contributed by atoms with E-state index in [1.165, 1.54) is 44.7 Å². The van der Waals surface area contributed by atoms with Gasteiger partial charge in [-0.15, -0.1) is 0 Å². The lowest BCUT2D eigenvalue weighted by molar-refractivity contribution is -0.126. The molecule has 0 atom stereocenters. The third-order valence-corrected chi connectivity index (χ3v) is 6.76.